The van der Waals surface area contributed by atoms with Gasteiger partial charge in [0.05, 0.1) is 13.0 Å². The van der Waals surface area contributed by atoms with Gasteiger partial charge in [-0.05, 0) is 32.6 Å². The molecule has 0 saturated carbocycles. The third-order valence-electron chi connectivity index (χ3n) is 3.13. The Morgan fingerprint density at radius 1 is 1.05 bits per heavy atom. The average molecular weight is 273 g/mol. The van der Waals surface area contributed by atoms with Crippen LogP contribution in [0.4, 0.5) is 0 Å². The van der Waals surface area contributed by atoms with Gasteiger partial charge in [0.2, 0.25) is 5.91 Å². The number of amides is 1. The van der Waals surface area contributed by atoms with E-state index < -0.39 is 5.97 Å². The third-order valence-corrected chi connectivity index (χ3v) is 3.13. The summed E-state index contributed by atoms with van der Waals surface area (Å²) in [6, 6.07) is 0. The first-order valence-corrected chi connectivity index (χ1v) is 6.90. The zero-order chi connectivity index (χ0) is 14.7. The van der Waals surface area contributed by atoms with Crippen molar-refractivity contribution in [3.63, 3.8) is 0 Å². The van der Waals surface area contributed by atoms with Gasteiger partial charge in [-0.3, -0.25) is 14.5 Å². The van der Waals surface area contributed by atoms with Crippen LogP contribution in [-0.4, -0.2) is 73.1 Å². The van der Waals surface area contributed by atoms with Gasteiger partial charge in [0.15, 0.2) is 0 Å². The van der Waals surface area contributed by atoms with Crippen LogP contribution in [0.15, 0.2) is 0 Å². The molecule has 0 aliphatic carbocycles. The van der Waals surface area contributed by atoms with E-state index in [1.54, 1.807) is 7.05 Å². The molecule has 0 heterocycles. The number of nitrogens with zero attached hydrogens (tertiary/aromatic N) is 2. The topological polar surface area (TPSA) is 72.9 Å². The smallest absolute Gasteiger partial charge is 0.304 e. The molecule has 0 rings (SSSR count). The van der Waals surface area contributed by atoms with Crippen LogP contribution in [-0.2, 0) is 9.59 Å². The molecule has 0 aliphatic rings. The zero-order valence-electron chi connectivity index (χ0n) is 12.3. The van der Waals surface area contributed by atoms with Crippen LogP contribution >= 0.6 is 0 Å². The molecule has 0 atom stereocenters. The summed E-state index contributed by atoms with van der Waals surface area (Å²) in [6.45, 7) is 8.68. The number of hydrogen-bond donors (Lipinski definition) is 2. The molecule has 0 aliphatic heterocycles. The summed E-state index contributed by atoms with van der Waals surface area (Å²) < 4.78 is 0. The van der Waals surface area contributed by atoms with Crippen LogP contribution < -0.4 is 5.32 Å². The second-order valence-electron chi connectivity index (χ2n) is 4.47. The fourth-order valence-corrected chi connectivity index (χ4v) is 1.86. The lowest BCUT2D eigenvalue weighted by Crippen LogP contribution is -2.38. The molecule has 0 spiro atoms. The van der Waals surface area contributed by atoms with Gasteiger partial charge in [0.25, 0.3) is 0 Å². The van der Waals surface area contributed by atoms with Crippen LogP contribution in [0.3, 0.4) is 0 Å². The molecular formula is C13H27N3O3. The Morgan fingerprint density at radius 2 is 1.63 bits per heavy atom. The molecule has 0 fully saturated rings. The summed E-state index contributed by atoms with van der Waals surface area (Å²) in [5.74, 6) is -0.904. The molecule has 0 saturated heterocycles. The molecule has 0 unspecified atom stereocenters. The van der Waals surface area contributed by atoms with Crippen molar-refractivity contribution in [2.75, 3.05) is 46.3 Å². The van der Waals surface area contributed by atoms with E-state index in [-0.39, 0.29) is 18.9 Å². The van der Waals surface area contributed by atoms with Crippen molar-refractivity contribution < 1.29 is 14.7 Å². The van der Waals surface area contributed by atoms with Crippen LogP contribution in [0.2, 0.25) is 0 Å². The predicted molar refractivity (Wildman–Crippen MR) is 75.2 cm³/mol. The fourth-order valence-electron chi connectivity index (χ4n) is 1.86. The second-order valence-corrected chi connectivity index (χ2v) is 4.47. The number of nitrogens with one attached hydrogen (secondary N) is 1. The van der Waals surface area contributed by atoms with Crippen molar-refractivity contribution in [1.29, 1.82) is 0 Å². The minimum atomic E-state index is -0.828. The van der Waals surface area contributed by atoms with E-state index in [2.05, 4.69) is 24.1 Å². The van der Waals surface area contributed by atoms with E-state index in [0.29, 0.717) is 6.54 Å². The number of carbonyl (C=O) groups is 2. The molecule has 6 heteroatoms. The van der Waals surface area contributed by atoms with Crippen molar-refractivity contribution in [2.24, 2.45) is 0 Å². The number of aliphatic carboxylic acids is 1. The highest BCUT2D eigenvalue weighted by Gasteiger charge is 2.11. The monoisotopic (exact) mass is 273 g/mol. The Bertz CT molecular complexity index is 268. The summed E-state index contributed by atoms with van der Waals surface area (Å²) in [7, 11) is 1.59. The Hall–Kier alpha value is -1.14. The van der Waals surface area contributed by atoms with Crippen LogP contribution in [0, 0.1) is 0 Å². The fraction of sp³-hybridized carbons (Fsp3) is 0.846. The summed E-state index contributed by atoms with van der Waals surface area (Å²) in [6.07, 6.45) is 1.01. The zero-order valence-corrected chi connectivity index (χ0v) is 12.3. The Labute approximate surface area is 115 Å². The molecule has 112 valence electrons. The number of carbonyl (C=O) groups excluding carboxylic acids is 1. The molecule has 1 amide bonds. The lowest BCUT2D eigenvalue weighted by atomic mass is 10.3. The van der Waals surface area contributed by atoms with Crippen molar-refractivity contribution in [3.05, 3.63) is 0 Å². The molecule has 2 N–H and O–H groups in total. The number of likely N-dealkylation sites (N-methyl/N-ethyl adjacent to an activating group) is 1. The lowest BCUT2D eigenvalue weighted by molar-refractivity contribution is -0.137. The summed E-state index contributed by atoms with van der Waals surface area (Å²) >= 11 is 0. The Morgan fingerprint density at radius 3 is 2.11 bits per heavy atom. The molecule has 0 radical (unpaired) electrons. The predicted octanol–water partition coefficient (Wildman–Crippen LogP) is 0.241. The summed E-state index contributed by atoms with van der Waals surface area (Å²) in [5, 5.41) is 11.3. The van der Waals surface area contributed by atoms with E-state index in [9.17, 15) is 9.59 Å². The van der Waals surface area contributed by atoms with Crippen molar-refractivity contribution in [2.45, 2.75) is 26.7 Å². The van der Waals surface area contributed by atoms with Gasteiger partial charge >= 0.3 is 5.97 Å². The standard InChI is InChI=1S/C13H27N3O3/c1-4-15(5-2)8-6-9-16(10-7-13(18)19)11-12(17)14-3/h4-11H2,1-3H3,(H,14,17)(H,18,19). The van der Waals surface area contributed by atoms with E-state index in [1.807, 2.05) is 4.90 Å². The van der Waals surface area contributed by atoms with E-state index in [0.717, 1.165) is 32.6 Å². The van der Waals surface area contributed by atoms with Crippen molar-refractivity contribution >= 4 is 11.9 Å². The summed E-state index contributed by atoms with van der Waals surface area (Å²) in [5.41, 5.74) is 0. The lowest BCUT2D eigenvalue weighted by Gasteiger charge is -2.23. The van der Waals surface area contributed by atoms with E-state index in [1.165, 1.54) is 0 Å². The minimum Gasteiger partial charge on any atom is -0.481 e. The number of carboxylic acid groups (broad SMARTS) is 1. The molecule has 0 aromatic rings. The van der Waals surface area contributed by atoms with Gasteiger partial charge in [-0.15, -0.1) is 0 Å². The van der Waals surface area contributed by atoms with E-state index >= 15 is 0 Å². The van der Waals surface area contributed by atoms with Gasteiger partial charge in [-0.2, -0.15) is 0 Å². The van der Waals surface area contributed by atoms with Crippen LogP contribution in [0.5, 0.6) is 0 Å². The van der Waals surface area contributed by atoms with E-state index in [4.69, 9.17) is 5.11 Å². The normalized spacial score (nSPS) is 11.0. The van der Waals surface area contributed by atoms with Crippen LogP contribution in [0.1, 0.15) is 26.7 Å². The van der Waals surface area contributed by atoms with Gasteiger partial charge in [-0.1, -0.05) is 13.8 Å². The number of carboxylic acids is 1. The number of hydrogen-bond acceptors (Lipinski definition) is 4. The Balaban J connectivity index is 4.09. The molecule has 0 aromatic carbocycles. The highest BCUT2D eigenvalue weighted by Crippen LogP contribution is 1.97. The average Bonchev–Trinajstić information content (AvgIpc) is 2.40. The van der Waals surface area contributed by atoms with Gasteiger partial charge in [0.1, 0.15) is 0 Å². The van der Waals surface area contributed by atoms with Crippen molar-refractivity contribution in [1.82, 2.24) is 15.1 Å². The van der Waals surface area contributed by atoms with Gasteiger partial charge in [-0.25, -0.2) is 0 Å². The van der Waals surface area contributed by atoms with Crippen molar-refractivity contribution in [3.8, 4) is 0 Å². The minimum absolute atomic E-state index is 0.0717. The highest BCUT2D eigenvalue weighted by atomic mass is 16.4. The SMILES string of the molecule is CCN(CC)CCCN(CCC(=O)O)CC(=O)NC. The molecular weight excluding hydrogens is 246 g/mol. The quantitative estimate of drug-likeness (QED) is 0.564. The highest BCUT2D eigenvalue weighted by molar-refractivity contribution is 5.77. The first-order chi connectivity index (χ1) is 9.03. The molecule has 0 bridgehead atoms. The Kier molecular flexibility index (Phi) is 10.1. The van der Waals surface area contributed by atoms with Crippen LogP contribution in [0.25, 0.3) is 0 Å². The maximum absolute atomic E-state index is 11.4. The molecule has 0 aromatic heterocycles. The first kappa shape index (κ1) is 17.9. The summed E-state index contributed by atoms with van der Waals surface area (Å²) in [4.78, 5) is 26.2. The molecule has 6 nitrogen and oxygen atoms in total. The largest absolute Gasteiger partial charge is 0.481 e. The first-order valence-electron chi connectivity index (χ1n) is 6.90. The van der Waals surface area contributed by atoms with Gasteiger partial charge < -0.3 is 15.3 Å². The van der Waals surface area contributed by atoms with Gasteiger partial charge in [0, 0.05) is 13.6 Å². The second kappa shape index (κ2) is 10.8. The number of rotatable bonds is 11. The molecule has 19 heavy (non-hydrogen) atoms. The maximum Gasteiger partial charge on any atom is 0.304 e. The third kappa shape index (κ3) is 9.44. The maximum atomic E-state index is 11.4.